The SMILES string of the molecule is CCC1CCN(c2cc([N+](=O)[O-])cc(NC)n2)C1. The van der Waals surface area contributed by atoms with Crippen molar-refractivity contribution >= 4 is 17.3 Å². The molecule has 1 atom stereocenters. The topological polar surface area (TPSA) is 71.3 Å². The van der Waals surface area contributed by atoms with Crippen LogP contribution < -0.4 is 10.2 Å². The maximum Gasteiger partial charge on any atom is 0.276 e. The largest absolute Gasteiger partial charge is 0.373 e. The minimum Gasteiger partial charge on any atom is -0.373 e. The summed E-state index contributed by atoms with van der Waals surface area (Å²) < 4.78 is 0. The van der Waals surface area contributed by atoms with E-state index in [0.717, 1.165) is 25.9 Å². The molecule has 6 heteroatoms. The van der Waals surface area contributed by atoms with Crippen molar-refractivity contribution in [3.8, 4) is 0 Å². The first kappa shape index (κ1) is 12.6. The van der Waals surface area contributed by atoms with Gasteiger partial charge in [0.05, 0.1) is 17.1 Å². The number of rotatable bonds is 4. The highest BCUT2D eigenvalue weighted by Gasteiger charge is 2.24. The Balaban J connectivity index is 2.27. The van der Waals surface area contributed by atoms with Gasteiger partial charge in [-0.25, -0.2) is 4.98 Å². The van der Waals surface area contributed by atoms with Crippen LogP contribution >= 0.6 is 0 Å². The summed E-state index contributed by atoms with van der Waals surface area (Å²) in [7, 11) is 1.72. The Hall–Kier alpha value is -1.85. The fourth-order valence-corrected chi connectivity index (χ4v) is 2.27. The quantitative estimate of drug-likeness (QED) is 0.655. The second-order valence-electron chi connectivity index (χ2n) is 4.58. The van der Waals surface area contributed by atoms with Crippen LogP contribution in [0.3, 0.4) is 0 Å². The first-order chi connectivity index (χ1) is 8.63. The second-order valence-corrected chi connectivity index (χ2v) is 4.58. The molecule has 1 unspecified atom stereocenters. The van der Waals surface area contributed by atoms with Gasteiger partial charge in [0.2, 0.25) is 0 Å². The molecule has 0 spiro atoms. The summed E-state index contributed by atoms with van der Waals surface area (Å²) in [6, 6.07) is 3.01. The van der Waals surface area contributed by atoms with E-state index in [1.807, 2.05) is 0 Å². The molecule has 1 saturated heterocycles. The van der Waals surface area contributed by atoms with Gasteiger partial charge in [-0.15, -0.1) is 0 Å². The van der Waals surface area contributed by atoms with Gasteiger partial charge in [-0.05, 0) is 12.3 Å². The van der Waals surface area contributed by atoms with Crippen LogP contribution in [0, 0.1) is 16.0 Å². The summed E-state index contributed by atoms with van der Waals surface area (Å²) in [5.41, 5.74) is 0.0873. The molecule has 1 fully saturated rings. The van der Waals surface area contributed by atoms with Crippen molar-refractivity contribution in [3.05, 3.63) is 22.2 Å². The molecule has 1 aromatic rings. The lowest BCUT2D eigenvalue weighted by molar-refractivity contribution is -0.384. The average Bonchev–Trinajstić information content (AvgIpc) is 2.86. The van der Waals surface area contributed by atoms with Gasteiger partial charge in [-0.3, -0.25) is 10.1 Å². The molecule has 2 rings (SSSR count). The highest BCUT2D eigenvalue weighted by atomic mass is 16.6. The van der Waals surface area contributed by atoms with Gasteiger partial charge in [0.1, 0.15) is 11.6 Å². The zero-order valence-electron chi connectivity index (χ0n) is 10.7. The Kier molecular flexibility index (Phi) is 3.64. The van der Waals surface area contributed by atoms with Crippen LogP contribution in [0.2, 0.25) is 0 Å². The fourth-order valence-electron chi connectivity index (χ4n) is 2.27. The molecule has 0 bridgehead atoms. The molecular weight excluding hydrogens is 232 g/mol. The molecule has 0 aromatic carbocycles. The molecule has 1 aliphatic rings. The molecule has 2 heterocycles. The monoisotopic (exact) mass is 250 g/mol. The zero-order valence-corrected chi connectivity index (χ0v) is 10.7. The van der Waals surface area contributed by atoms with Gasteiger partial charge < -0.3 is 10.2 Å². The molecule has 6 nitrogen and oxygen atoms in total. The van der Waals surface area contributed by atoms with Crippen LogP contribution in [-0.2, 0) is 0 Å². The molecule has 0 saturated carbocycles. The van der Waals surface area contributed by atoms with E-state index < -0.39 is 0 Å². The normalized spacial score (nSPS) is 19.0. The number of hydrogen-bond donors (Lipinski definition) is 1. The third-order valence-corrected chi connectivity index (χ3v) is 3.45. The Bertz CT molecular complexity index is 450. The maximum absolute atomic E-state index is 10.9. The van der Waals surface area contributed by atoms with E-state index in [1.54, 1.807) is 13.1 Å². The van der Waals surface area contributed by atoms with E-state index in [0.29, 0.717) is 17.6 Å². The predicted octanol–water partition coefficient (Wildman–Crippen LogP) is 2.27. The lowest BCUT2D eigenvalue weighted by Crippen LogP contribution is -2.21. The van der Waals surface area contributed by atoms with E-state index in [4.69, 9.17) is 0 Å². The summed E-state index contributed by atoms with van der Waals surface area (Å²) in [5.74, 6) is 1.91. The van der Waals surface area contributed by atoms with E-state index in [1.165, 1.54) is 6.07 Å². The van der Waals surface area contributed by atoms with E-state index in [-0.39, 0.29) is 10.6 Å². The number of nitrogens with zero attached hydrogens (tertiary/aromatic N) is 3. The number of nitrogens with one attached hydrogen (secondary N) is 1. The fraction of sp³-hybridized carbons (Fsp3) is 0.583. The third-order valence-electron chi connectivity index (χ3n) is 3.45. The highest BCUT2D eigenvalue weighted by Crippen LogP contribution is 2.28. The standard InChI is InChI=1S/C12H18N4O2/c1-3-9-4-5-15(8-9)12-7-10(16(17)18)6-11(13-2)14-12/h6-7,9H,3-5,8H2,1-2H3,(H,13,14). The van der Waals surface area contributed by atoms with Crippen LogP contribution in [0.15, 0.2) is 12.1 Å². The van der Waals surface area contributed by atoms with Crippen LogP contribution in [0.4, 0.5) is 17.3 Å². The van der Waals surface area contributed by atoms with Crippen molar-refractivity contribution in [2.75, 3.05) is 30.4 Å². The summed E-state index contributed by atoms with van der Waals surface area (Å²) >= 11 is 0. The number of aromatic nitrogens is 1. The Morgan fingerprint density at radius 3 is 2.94 bits per heavy atom. The lowest BCUT2D eigenvalue weighted by atomic mass is 10.1. The third kappa shape index (κ3) is 2.52. The summed E-state index contributed by atoms with van der Waals surface area (Å²) in [4.78, 5) is 17.0. The highest BCUT2D eigenvalue weighted by molar-refractivity contribution is 5.56. The van der Waals surface area contributed by atoms with Gasteiger partial charge in [-0.1, -0.05) is 13.3 Å². The van der Waals surface area contributed by atoms with Gasteiger partial charge in [0.25, 0.3) is 5.69 Å². The number of hydrogen-bond acceptors (Lipinski definition) is 5. The molecular formula is C12H18N4O2. The molecule has 1 N–H and O–H groups in total. The Morgan fingerprint density at radius 1 is 1.61 bits per heavy atom. The van der Waals surface area contributed by atoms with E-state index >= 15 is 0 Å². The average molecular weight is 250 g/mol. The van der Waals surface area contributed by atoms with E-state index in [2.05, 4.69) is 22.1 Å². The van der Waals surface area contributed by atoms with Crippen molar-refractivity contribution < 1.29 is 4.92 Å². The van der Waals surface area contributed by atoms with Crippen LogP contribution in [0.1, 0.15) is 19.8 Å². The summed E-state index contributed by atoms with van der Waals surface area (Å²) in [5, 5.41) is 13.8. The van der Waals surface area contributed by atoms with Crippen molar-refractivity contribution in [1.82, 2.24) is 4.98 Å². The van der Waals surface area contributed by atoms with Crippen molar-refractivity contribution in [3.63, 3.8) is 0 Å². The number of nitro groups is 1. The number of pyridine rings is 1. The first-order valence-corrected chi connectivity index (χ1v) is 6.23. The van der Waals surface area contributed by atoms with Gasteiger partial charge in [-0.2, -0.15) is 0 Å². The van der Waals surface area contributed by atoms with Crippen LogP contribution in [-0.4, -0.2) is 30.0 Å². The molecule has 18 heavy (non-hydrogen) atoms. The lowest BCUT2D eigenvalue weighted by Gasteiger charge is -2.17. The minimum absolute atomic E-state index is 0.0873. The molecule has 0 aliphatic carbocycles. The van der Waals surface area contributed by atoms with Gasteiger partial charge in [0, 0.05) is 20.1 Å². The zero-order chi connectivity index (χ0) is 13.1. The summed E-state index contributed by atoms with van der Waals surface area (Å²) in [6.07, 6.45) is 2.28. The first-order valence-electron chi connectivity index (χ1n) is 6.23. The molecule has 0 amide bonds. The predicted molar refractivity (Wildman–Crippen MR) is 71.0 cm³/mol. The van der Waals surface area contributed by atoms with E-state index in [9.17, 15) is 10.1 Å². The maximum atomic E-state index is 10.9. The molecule has 98 valence electrons. The molecule has 0 radical (unpaired) electrons. The van der Waals surface area contributed by atoms with Crippen LogP contribution in [0.25, 0.3) is 0 Å². The molecule has 1 aromatic heterocycles. The Labute approximate surface area is 106 Å². The summed E-state index contributed by atoms with van der Waals surface area (Å²) in [6.45, 7) is 4.04. The smallest absolute Gasteiger partial charge is 0.276 e. The van der Waals surface area contributed by atoms with Crippen LogP contribution in [0.5, 0.6) is 0 Å². The molecule has 1 aliphatic heterocycles. The van der Waals surface area contributed by atoms with Gasteiger partial charge in [0.15, 0.2) is 0 Å². The Morgan fingerprint density at radius 2 is 2.39 bits per heavy atom. The van der Waals surface area contributed by atoms with Gasteiger partial charge >= 0.3 is 0 Å². The number of anilines is 2. The second kappa shape index (κ2) is 5.20. The van der Waals surface area contributed by atoms with Crippen molar-refractivity contribution in [2.45, 2.75) is 19.8 Å². The van der Waals surface area contributed by atoms with Crippen molar-refractivity contribution in [2.24, 2.45) is 5.92 Å². The minimum atomic E-state index is -0.376. The van der Waals surface area contributed by atoms with Crippen molar-refractivity contribution in [1.29, 1.82) is 0 Å².